The lowest BCUT2D eigenvalue weighted by Gasteiger charge is -2.08. The second kappa shape index (κ2) is 5.66. The fourth-order valence-corrected chi connectivity index (χ4v) is 1.85. The number of nitrogens with one attached hydrogen (secondary N) is 1. The zero-order chi connectivity index (χ0) is 14.7. The maximum Gasteiger partial charge on any atom is 0.289 e. The molecule has 0 amide bonds. The minimum absolute atomic E-state index is 0.0339. The van der Waals surface area contributed by atoms with E-state index in [1.807, 2.05) is 0 Å². The van der Waals surface area contributed by atoms with Gasteiger partial charge in [0.05, 0.1) is 4.92 Å². The Labute approximate surface area is 119 Å². The number of rotatable bonds is 4. The molecule has 0 aliphatic carbocycles. The Morgan fingerprint density at radius 3 is 2.60 bits per heavy atom. The maximum atomic E-state index is 10.8. The van der Waals surface area contributed by atoms with Gasteiger partial charge < -0.3 is 15.5 Å². The lowest BCUT2D eigenvalue weighted by molar-refractivity contribution is -0.384. The summed E-state index contributed by atoms with van der Waals surface area (Å²) in [7, 11) is 0. The van der Waals surface area contributed by atoms with Crippen LogP contribution in [0.15, 0.2) is 36.4 Å². The third-order valence-corrected chi connectivity index (χ3v) is 3.01. The minimum atomic E-state index is -0.564. The first-order valence-electron chi connectivity index (χ1n) is 5.66. The zero-order valence-corrected chi connectivity index (χ0v) is 11.0. The molecular formula is C13H11ClN2O4. The van der Waals surface area contributed by atoms with E-state index in [0.717, 1.165) is 0 Å². The molecule has 0 spiro atoms. The lowest BCUT2D eigenvalue weighted by atomic mass is 10.2. The third kappa shape index (κ3) is 3.10. The molecule has 0 heterocycles. The van der Waals surface area contributed by atoms with Crippen molar-refractivity contribution < 1.29 is 15.1 Å². The number of nitro groups is 1. The van der Waals surface area contributed by atoms with Gasteiger partial charge in [0.25, 0.3) is 5.69 Å². The van der Waals surface area contributed by atoms with Gasteiger partial charge in [0.2, 0.25) is 0 Å². The highest BCUT2D eigenvalue weighted by molar-refractivity contribution is 6.32. The van der Waals surface area contributed by atoms with Crippen molar-refractivity contribution in [3.05, 3.63) is 57.1 Å². The first kappa shape index (κ1) is 14.0. The predicted octanol–water partition coefficient (Wildman–Crippen LogP) is 3.27. The van der Waals surface area contributed by atoms with Crippen molar-refractivity contribution in [1.29, 1.82) is 0 Å². The first-order chi connectivity index (χ1) is 9.47. The predicted molar refractivity (Wildman–Crippen MR) is 75.2 cm³/mol. The Balaban J connectivity index is 2.15. The summed E-state index contributed by atoms with van der Waals surface area (Å²) < 4.78 is 0. The SMILES string of the molecule is O=[N+]([O-])c1cc(NCc2ccc(O)cc2O)ccc1Cl. The van der Waals surface area contributed by atoms with E-state index in [1.54, 1.807) is 12.1 Å². The molecule has 0 saturated heterocycles. The molecule has 0 fully saturated rings. The Morgan fingerprint density at radius 2 is 1.95 bits per heavy atom. The second-order valence-corrected chi connectivity index (χ2v) is 4.50. The molecule has 20 heavy (non-hydrogen) atoms. The van der Waals surface area contributed by atoms with Crippen LogP contribution in [0.4, 0.5) is 11.4 Å². The summed E-state index contributed by atoms with van der Waals surface area (Å²) in [5.74, 6) is -0.0886. The highest BCUT2D eigenvalue weighted by Gasteiger charge is 2.12. The number of phenolic OH excluding ortho intramolecular Hbond substituents is 2. The van der Waals surface area contributed by atoms with E-state index < -0.39 is 4.92 Å². The third-order valence-electron chi connectivity index (χ3n) is 2.69. The molecule has 2 aromatic rings. The van der Waals surface area contributed by atoms with Crippen LogP contribution < -0.4 is 5.32 Å². The van der Waals surface area contributed by atoms with Crippen LogP contribution in [-0.2, 0) is 6.54 Å². The quantitative estimate of drug-likeness (QED) is 0.594. The van der Waals surface area contributed by atoms with Gasteiger partial charge in [-0.15, -0.1) is 0 Å². The smallest absolute Gasteiger partial charge is 0.289 e. The lowest BCUT2D eigenvalue weighted by Crippen LogP contribution is -2.00. The molecule has 0 atom stereocenters. The van der Waals surface area contributed by atoms with Crippen LogP contribution in [0.5, 0.6) is 11.5 Å². The number of aromatic hydroxyl groups is 2. The molecule has 0 bridgehead atoms. The average molecular weight is 295 g/mol. The normalized spacial score (nSPS) is 10.2. The molecule has 0 aliphatic rings. The minimum Gasteiger partial charge on any atom is -0.508 e. The molecule has 6 nitrogen and oxygen atoms in total. The van der Waals surface area contributed by atoms with E-state index in [9.17, 15) is 20.3 Å². The molecule has 0 radical (unpaired) electrons. The highest BCUT2D eigenvalue weighted by atomic mass is 35.5. The zero-order valence-electron chi connectivity index (χ0n) is 10.2. The van der Waals surface area contributed by atoms with Crippen molar-refractivity contribution >= 4 is 23.0 Å². The fraction of sp³-hybridized carbons (Fsp3) is 0.0769. The molecule has 3 N–H and O–H groups in total. The maximum absolute atomic E-state index is 10.8. The van der Waals surface area contributed by atoms with Crippen molar-refractivity contribution in [2.45, 2.75) is 6.54 Å². The van der Waals surface area contributed by atoms with Gasteiger partial charge in [-0.25, -0.2) is 0 Å². The number of halogens is 1. The van der Waals surface area contributed by atoms with Crippen LogP contribution in [0, 0.1) is 10.1 Å². The van der Waals surface area contributed by atoms with Gasteiger partial charge in [-0.1, -0.05) is 11.6 Å². The van der Waals surface area contributed by atoms with E-state index in [1.165, 1.54) is 24.3 Å². The van der Waals surface area contributed by atoms with Gasteiger partial charge in [-0.05, 0) is 24.3 Å². The standard InChI is InChI=1S/C13H11ClN2O4/c14-11-4-2-9(5-12(11)16(19)20)15-7-8-1-3-10(17)6-13(8)18/h1-6,15,17-18H,7H2. The summed E-state index contributed by atoms with van der Waals surface area (Å²) in [5.41, 5.74) is 0.876. The van der Waals surface area contributed by atoms with Crippen LogP contribution >= 0.6 is 11.6 Å². The van der Waals surface area contributed by atoms with Gasteiger partial charge in [0, 0.05) is 29.9 Å². The van der Waals surface area contributed by atoms with Crippen LogP contribution in [0.25, 0.3) is 0 Å². The van der Waals surface area contributed by atoms with Crippen LogP contribution in [0.3, 0.4) is 0 Å². The summed E-state index contributed by atoms with van der Waals surface area (Å²) in [5, 5.41) is 32.6. The molecule has 0 unspecified atom stereocenters. The van der Waals surface area contributed by atoms with Crippen LogP contribution in [0.2, 0.25) is 5.02 Å². The topological polar surface area (TPSA) is 95.6 Å². The number of anilines is 1. The Kier molecular flexibility index (Phi) is 3.95. The van der Waals surface area contributed by atoms with E-state index in [4.69, 9.17) is 11.6 Å². The van der Waals surface area contributed by atoms with Crippen molar-refractivity contribution in [3.8, 4) is 11.5 Å². The molecule has 104 valence electrons. The average Bonchev–Trinajstić information content (AvgIpc) is 2.39. The summed E-state index contributed by atoms with van der Waals surface area (Å²) in [6.07, 6.45) is 0. The van der Waals surface area contributed by atoms with E-state index >= 15 is 0 Å². The molecule has 0 aliphatic heterocycles. The van der Waals surface area contributed by atoms with Crippen molar-refractivity contribution in [3.63, 3.8) is 0 Å². The Hall–Kier alpha value is -2.47. The summed E-state index contributed by atoms with van der Waals surface area (Å²) in [6, 6.07) is 8.58. The monoisotopic (exact) mass is 294 g/mol. The van der Waals surface area contributed by atoms with Crippen molar-refractivity contribution in [2.24, 2.45) is 0 Å². The number of nitro benzene ring substituents is 1. The van der Waals surface area contributed by atoms with Crippen LogP contribution in [-0.4, -0.2) is 15.1 Å². The molecule has 0 saturated carbocycles. The van der Waals surface area contributed by atoms with E-state index in [0.29, 0.717) is 11.3 Å². The van der Waals surface area contributed by atoms with Crippen molar-refractivity contribution in [1.82, 2.24) is 0 Å². The van der Waals surface area contributed by atoms with Crippen molar-refractivity contribution in [2.75, 3.05) is 5.32 Å². The van der Waals surface area contributed by atoms with Crippen LogP contribution in [0.1, 0.15) is 5.56 Å². The second-order valence-electron chi connectivity index (χ2n) is 4.09. The van der Waals surface area contributed by atoms with Gasteiger partial charge in [0.15, 0.2) is 0 Å². The number of benzene rings is 2. The van der Waals surface area contributed by atoms with Gasteiger partial charge in [-0.3, -0.25) is 10.1 Å². The molecular weight excluding hydrogens is 284 g/mol. The largest absolute Gasteiger partial charge is 0.508 e. The number of phenols is 2. The van der Waals surface area contributed by atoms with Gasteiger partial charge >= 0.3 is 0 Å². The van der Waals surface area contributed by atoms with E-state index in [2.05, 4.69) is 5.32 Å². The Bertz CT molecular complexity index is 661. The molecule has 0 aromatic heterocycles. The Morgan fingerprint density at radius 1 is 1.20 bits per heavy atom. The summed E-state index contributed by atoms with van der Waals surface area (Å²) in [6.45, 7) is 0.255. The fourth-order valence-electron chi connectivity index (χ4n) is 1.66. The number of hydrogen-bond acceptors (Lipinski definition) is 5. The molecule has 2 aromatic carbocycles. The summed E-state index contributed by atoms with van der Waals surface area (Å²) in [4.78, 5) is 10.2. The summed E-state index contributed by atoms with van der Waals surface area (Å²) >= 11 is 5.71. The van der Waals surface area contributed by atoms with E-state index in [-0.39, 0.29) is 28.8 Å². The highest BCUT2D eigenvalue weighted by Crippen LogP contribution is 2.28. The number of hydrogen-bond donors (Lipinski definition) is 3. The molecule has 2 rings (SSSR count). The molecule has 7 heteroatoms. The number of nitrogens with zero attached hydrogens (tertiary/aromatic N) is 1. The van der Waals surface area contributed by atoms with Gasteiger partial charge in [-0.2, -0.15) is 0 Å². The first-order valence-corrected chi connectivity index (χ1v) is 6.04. The van der Waals surface area contributed by atoms with Gasteiger partial charge in [0.1, 0.15) is 16.5 Å².